The Kier molecular flexibility index (Phi) is 6.39. The first-order valence-electron chi connectivity index (χ1n) is 15.1. The van der Waals surface area contributed by atoms with Crippen molar-refractivity contribution < 1.29 is 18.6 Å². The highest BCUT2D eigenvalue weighted by Gasteiger charge is 2.49. The molecule has 2 aromatic carbocycles. The summed E-state index contributed by atoms with van der Waals surface area (Å²) in [5.74, 6) is 0.524. The van der Waals surface area contributed by atoms with Crippen LogP contribution in [0.2, 0.25) is 5.02 Å². The third-order valence-electron chi connectivity index (χ3n) is 10.1. The van der Waals surface area contributed by atoms with Gasteiger partial charge in [0.2, 0.25) is 0 Å². The molecule has 5 aliphatic rings. The summed E-state index contributed by atoms with van der Waals surface area (Å²) in [5.41, 5.74) is 2.34. The fourth-order valence-electron chi connectivity index (χ4n) is 8.15. The van der Waals surface area contributed by atoms with Crippen LogP contribution >= 0.6 is 11.6 Å². The number of rotatable bonds is 5. The molecule has 1 aromatic heterocycles. The first kappa shape index (κ1) is 26.7. The van der Waals surface area contributed by atoms with Crippen LogP contribution in [-0.2, 0) is 13.0 Å². The van der Waals surface area contributed by atoms with Gasteiger partial charge >= 0.3 is 6.01 Å². The molecular weight excluding hydrogens is 562 g/mol. The molecule has 2 bridgehead atoms. The highest BCUT2D eigenvalue weighted by atomic mass is 35.5. The summed E-state index contributed by atoms with van der Waals surface area (Å²) in [4.78, 5) is 16.7. The lowest BCUT2D eigenvalue weighted by molar-refractivity contribution is 0.107. The maximum absolute atomic E-state index is 14.6. The van der Waals surface area contributed by atoms with Crippen molar-refractivity contribution in [2.75, 3.05) is 49.1 Å². The van der Waals surface area contributed by atoms with Crippen LogP contribution in [0, 0.1) is 5.82 Å². The number of benzene rings is 2. The molecule has 5 aliphatic heterocycles. The van der Waals surface area contributed by atoms with Gasteiger partial charge in [0.15, 0.2) is 0 Å². The molecule has 6 heterocycles. The van der Waals surface area contributed by atoms with E-state index in [0.717, 1.165) is 62.4 Å². The zero-order valence-corrected chi connectivity index (χ0v) is 24.2. The van der Waals surface area contributed by atoms with Crippen LogP contribution in [0.1, 0.15) is 43.4 Å². The minimum Gasteiger partial charge on any atom is -0.508 e. The van der Waals surface area contributed by atoms with E-state index in [4.69, 9.17) is 26.3 Å². The van der Waals surface area contributed by atoms with Crippen molar-refractivity contribution >= 4 is 33.9 Å². The van der Waals surface area contributed by atoms with Gasteiger partial charge in [-0.05, 0) is 56.2 Å². The summed E-state index contributed by atoms with van der Waals surface area (Å²) in [6, 6.07) is 7.42. The van der Waals surface area contributed by atoms with Gasteiger partial charge in [0.25, 0.3) is 0 Å². The SMILES string of the molecule is Oc1cc(N2CCc3c(nc(OC[C@@]45CCCN4C[C@H](F)C5)nc3N3C[C@H]4CC[C@@H](C3)N4)C2)c2c(Cl)c(F)ccc2c1. The summed E-state index contributed by atoms with van der Waals surface area (Å²) >= 11 is 6.47. The average molecular weight is 597 g/mol. The van der Waals surface area contributed by atoms with E-state index in [9.17, 15) is 13.9 Å². The molecular formula is C31H35ClF2N6O2. The molecule has 0 amide bonds. The van der Waals surface area contributed by atoms with Gasteiger partial charge in [0, 0.05) is 61.7 Å². The van der Waals surface area contributed by atoms with Crippen LogP contribution in [-0.4, -0.2) is 83.1 Å². The molecule has 222 valence electrons. The van der Waals surface area contributed by atoms with E-state index in [2.05, 4.69) is 20.0 Å². The molecule has 4 atom stereocenters. The van der Waals surface area contributed by atoms with E-state index in [1.54, 1.807) is 18.2 Å². The van der Waals surface area contributed by atoms with E-state index >= 15 is 0 Å². The Morgan fingerprint density at radius 2 is 1.93 bits per heavy atom. The smallest absolute Gasteiger partial charge is 0.318 e. The Morgan fingerprint density at radius 1 is 1.10 bits per heavy atom. The normalized spacial score (nSPS) is 28.9. The molecule has 2 N–H and O–H groups in total. The molecule has 42 heavy (non-hydrogen) atoms. The standard InChI is InChI=1S/C31H35ClF2N6O2/c32-28-24(34)5-2-18-10-22(41)11-26(27(18)28)38-9-6-23-25(16-38)36-30(37-29(23)39-14-20-3-4-21(15-39)35-20)42-17-31-7-1-8-40(31)13-19(33)12-31/h2,5,10-11,19-21,35,41H,1,3-4,6-9,12-17H2/t19-,20-,21+,31+/m1/s1. The number of alkyl halides is 1. The fourth-order valence-corrected chi connectivity index (χ4v) is 8.42. The molecule has 8 rings (SSSR count). The maximum Gasteiger partial charge on any atom is 0.318 e. The van der Waals surface area contributed by atoms with Crippen molar-refractivity contribution in [1.29, 1.82) is 0 Å². The third-order valence-corrected chi connectivity index (χ3v) is 10.5. The lowest BCUT2D eigenvalue weighted by atomic mass is 9.95. The first-order valence-corrected chi connectivity index (χ1v) is 15.5. The largest absolute Gasteiger partial charge is 0.508 e. The van der Waals surface area contributed by atoms with Gasteiger partial charge in [-0.15, -0.1) is 0 Å². The second-order valence-electron chi connectivity index (χ2n) is 12.8. The second-order valence-corrected chi connectivity index (χ2v) is 13.1. The molecule has 11 heteroatoms. The van der Waals surface area contributed by atoms with Crippen molar-refractivity contribution in [1.82, 2.24) is 20.2 Å². The van der Waals surface area contributed by atoms with Gasteiger partial charge < -0.3 is 25.0 Å². The number of anilines is 2. The van der Waals surface area contributed by atoms with Crippen LogP contribution < -0.4 is 19.9 Å². The van der Waals surface area contributed by atoms with Crippen LogP contribution in [0.5, 0.6) is 11.8 Å². The van der Waals surface area contributed by atoms with Gasteiger partial charge in [-0.25, -0.2) is 8.78 Å². The Labute approximate surface area is 248 Å². The number of hydrogen-bond donors (Lipinski definition) is 2. The molecule has 3 aromatic rings. The lowest BCUT2D eigenvalue weighted by Crippen LogP contribution is -2.52. The van der Waals surface area contributed by atoms with Crippen molar-refractivity contribution in [3.8, 4) is 11.8 Å². The topological polar surface area (TPSA) is 77.0 Å². The number of hydrogen-bond acceptors (Lipinski definition) is 8. The van der Waals surface area contributed by atoms with Gasteiger partial charge in [-0.3, -0.25) is 4.90 Å². The zero-order chi connectivity index (χ0) is 28.6. The minimum absolute atomic E-state index is 0.0418. The van der Waals surface area contributed by atoms with E-state index in [0.29, 0.717) is 73.6 Å². The number of nitrogens with zero attached hydrogens (tertiary/aromatic N) is 5. The second kappa shape index (κ2) is 10.1. The highest BCUT2D eigenvalue weighted by molar-refractivity contribution is 6.36. The number of ether oxygens (including phenoxy) is 1. The molecule has 0 unspecified atom stereocenters. The predicted molar refractivity (Wildman–Crippen MR) is 158 cm³/mol. The summed E-state index contributed by atoms with van der Waals surface area (Å²) in [5, 5.41) is 15.5. The molecule has 4 fully saturated rings. The van der Waals surface area contributed by atoms with Crippen LogP contribution in [0.3, 0.4) is 0 Å². The van der Waals surface area contributed by atoms with Gasteiger partial charge in [-0.2, -0.15) is 9.97 Å². The van der Waals surface area contributed by atoms with E-state index in [1.165, 1.54) is 6.07 Å². The molecule has 8 nitrogen and oxygen atoms in total. The van der Waals surface area contributed by atoms with Crippen LogP contribution in [0.25, 0.3) is 10.8 Å². The lowest BCUT2D eigenvalue weighted by Gasteiger charge is -2.38. The summed E-state index contributed by atoms with van der Waals surface area (Å²) in [6.45, 7) is 4.60. The minimum atomic E-state index is -0.826. The number of piperazine rings is 1. The number of phenols is 1. The van der Waals surface area contributed by atoms with Crippen molar-refractivity contribution in [2.45, 2.75) is 68.9 Å². The van der Waals surface area contributed by atoms with E-state index < -0.39 is 12.0 Å². The van der Waals surface area contributed by atoms with E-state index in [1.807, 2.05) is 0 Å². The summed E-state index contributed by atoms with van der Waals surface area (Å²) in [6.07, 6.45) is 4.64. The number of aromatic hydroxyl groups is 1. The number of fused-ring (bicyclic) bond motifs is 5. The summed E-state index contributed by atoms with van der Waals surface area (Å²) < 4.78 is 35.4. The van der Waals surface area contributed by atoms with Gasteiger partial charge in [0.05, 0.1) is 28.5 Å². The molecule has 0 spiro atoms. The van der Waals surface area contributed by atoms with Crippen LogP contribution in [0.15, 0.2) is 24.3 Å². The monoisotopic (exact) mass is 596 g/mol. The molecule has 0 saturated carbocycles. The Hall–Kier alpha value is -2.95. The van der Waals surface area contributed by atoms with Gasteiger partial charge in [0.1, 0.15) is 30.2 Å². The number of halogens is 3. The van der Waals surface area contributed by atoms with Crippen LogP contribution in [0.4, 0.5) is 20.3 Å². The average Bonchev–Trinajstić information content (AvgIpc) is 3.63. The zero-order valence-electron chi connectivity index (χ0n) is 23.5. The van der Waals surface area contributed by atoms with E-state index in [-0.39, 0.29) is 16.3 Å². The van der Waals surface area contributed by atoms with Gasteiger partial charge in [-0.1, -0.05) is 17.7 Å². The predicted octanol–water partition coefficient (Wildman–Crippen LogP) is 4.59. The van der Waals surface area contributed by atoms with Crippen molar-refractivity contribution in [2.24, 2.45) is 0 Å². The quantitative estimate of drug-likeness (QED) is 0.443. The third kappa shape index (κ3) is 4.45. The molecule has 0 radical (unpaired) electrons. The Morgan fingerprint density at radius 3 is 2.76 bits per heavy atom. The Balaban J connectivity index is 1.16. The molecule has 4 saturated heterocycles. The summed E-state index contributed by atoms with van der Waals surface area (Å²) in [7, 11) is 0. The number of phenolic OH excluding ortho intramolecular Hbond substituents is 1. The van der Waals surface area contributed by atoms with Crippen molar-refractivity contribution in [3.63, 3.8) is 0 Å². The Bertz CT molecular complexity index is 1550. The highest BCUT2D eigenvalue weighted by Crippen LogP contribution is 2.42. The maximum atomic E-state index is 14.6. The number of nitrogens with one attached hydrogen (secondary N) is 1. The van der Waals surface area contributed by atoms with Crippen molar-refractivity contribution in [3.05, 3.63) is 46.4 Å². The fraction of sp³-hybridized carbons (Fsp3) is 0.548. The molecule has 0 aliphatic carbocycles. The first-order chi connectivity index (χ1) is 20.3. The number of aromatic nitrogens is 2.